The lowest BCUT2D eigenvalue weighted by atomic mass is 10.1. The highest BCUT2D eigenvalue weighted by Gasteiger charge is 2.25. The summed E-state index contributed by atoms with van der Waals surface area (Å²) in [5.41, 5.74) is 7.73. The van der Waals surface area contributed by atoms with E-state index >= 15 is 0 Å². The van der Waals surface area contributed by atoms with Gasteiger partial charge in [-0.05, 0) is 24.1 Å². The van der Waals surface area contributed by atoms with Gasteiger partial charge in [-0.2, -0.15) is 0 Å². The molecule has 1 amide bonds. The van der Waals surface area contributed by atoms with Gasteiger partial charge in [0, 0.05) is 11.4 Å². The molecule has 1 aromatic rings. The number of aryl methyl sites for hydroxylation is 1. The first kappa shape index (κ1) is 10.5. The summed E-state index contributed by atoms with van der Waals surface area (Å²) in [4.78, 5) is 12.7. The second-order valence-corrected chi connectivity index (χ2v) is 4.76. The molecule has 1 atom stereocenters. The van der Waals surface area contributed by atoms with Crippen molar-refractivity contribution in [3.8, 4) is 0 Å². The molecule has 0 fully saturated rings. The molecular weight excluding hydrogens is 208 g/mol. The van der Waals surface area contributed by atoms with Crippen molar-refractivity contribution >= 4 is 23.4 Å². The van der Waals surface area contributed by atoms with E-state index in [1.165, 1.54) is 5.56 Å². The Bertz CT molecular complexity index is 392. The fourth-order valence-corrected chi connectivity index (χ4v) is 2.60. The maximum absolute atomic E-state index is 11.5. The second kappa shape index (κ2) is 4.24. The maximum Gasteiger partial charge on any atom is 0.239 e. The molecule has 0 bridgehead atoms. The van der Waals surface area contributed by atoms with Gasteiger partial charge in [-0.3, -0.25) is 4.79 Å². The minimum Gasteiger partial charge on any atom is -0.329 e. The number of nitrogens with two attached hydrogens (primary N) is 1. The van der Waals surface area contributed by atoms with Gasteiger partial charge in [0.15, 0.2) is 0 Å². The number of hydrogen-bond donors (Lipinski definition) is 2. The van der Waals surface area contributed by atoms with Gasteiger partial charge in [0.2, 0.25) is 5.91 Å². The molecule has 2 rings (SSSR count). The van der Waals surface area contributed by atoms with E-state index in [0.29, 0.717) is 6.54 Å². The third-order valence-corrected chi connectivity index (χ3v) is 3.77. The van der Waals surface area contributed by atoms with Crippen LogP contribution in [0.5, 0.6) is 0 Å². The van der Waals surface area contributed by atoms with Gasteiger partial charge >= 0.3 is 0 Å². The number of nitrogens with one attached hydrogen (secondary N) is 1. The molecule has 0 aromatic heterocycles. The number of carbonyl (C=O) groups is 1. The molecule has 80 valence electrons. The first-order valence-corrected chi connectivity index (χ1v) is 5.93. The van der Waals surface area contributed by atoms with Crippen LogP contribution >= 0.6 is 11.8 Å². The fourth-order valence-electron chi connectivity index (χ4n) is 1.56. The molecule has 4 heteroatoms. The monoisotopic (exact) mass is 222 g/mol. The molecule has 0 saturated carbocycles. The van der Waals surface area contributed by atoms with Gasteiger partial charge in [0.1, 0.15) is 5.25 Å². The number of amides is 1. The average molecular weight is 222 g/mol. The summed E-state index contributed by atoms with van der Waals surface area (Å²) in [5.74, 6) is 0.0132. The van der Waals surface area contributed by atoms with Gasteiger partial charge in [0.05, 0.1) is 5.69 Å². The average Bonchev–Trinajstić information content (AvgIpc) is 2.27. The summed E-state index contributed by atoms with van der Waals surface area (Å²) >= 11 is 1.56. The molecule has 1 aliphatic heterocycles. The number of fused-ring (bicyclic) bond motifs is 1. The van der Waals surface area contributed by atoms with Crippen molar-refractivity contribution in [2.75, 3.05) is 11.9 Å². The minimum absolute atomic E-state index is 0.0132. The van der Waals surface area contributed by atoms with Crippen molar-refractivity contribution in [1.82, 2.24) is 0 Å². The van der Waals surface area contributed by atoms with Crippen molar-refractivity contribution in [1.29, 1.82) is 0 Å². The third-order valence-electron chi connectivity index (χ3n) is 2.49. The Morgan fingerprint density at radius 2 is 2.33 bits per heavy atom. The standard InChI is InChI=1S/C11H14N2OS/c1-2-7-3-4-8-9(5-7)15-10(6-12)11(14)13-8/h3-5,10H,2,6,12H2,1H3,(H,13,14). The molecule has 1 heterocycles. The van der Waals surface area contributed by atoms with E-state index in [-0.39, 0.29) is 11.2 Å². The van der Waals surface area contributed by atoms with Gasteiger partial charge in [-0.15, -0.1) is 11.8 Å². The molecule has 1 aromatic carbocycles. The molecule has 0 spiro atoms. The second-order valence-electron chi connectivity index (χ2n) is 3.52. The first-order valence-electron chi connectivity index (χ1n) is 5.05. The molecule has 3 N–H and O–H groups in total. The smallest absolute Gasteiger partial charge is 0.239 e. The summed E-state index contributed by atoms with van der Waals surface area (Å²) in [6.07, 6.45) is 1.01. The fraction of sp³-hybridized carbons (Fsp3) is 0.364. The summed E-state index contributed by atoms with van der Waals surface area (Å²) in [5, 5.41) is 2.72. The van der Waals surface area contributed by atoms with E-state index in [1.807, 2.05) is 12.1 Å². The Morgan fingerprint density at radius 3 is 3.00 bits per heavy atom. The van der Waals surface area contributed by atoms with Crippen molar-refractivity contribution in [2.45, 2.75) is 23.5 Å². The highest BCUT2D eigenvalue weighted by molar-refractivity contribution is 8.01. The molecular formula is C11H14N2OS. The van der Waals surface area contributed by atoms with Crippen LogP contribution in [0.4, 0.5) is 5.69 Å². The normalized spacial score (nSPS) is 19.6. The third kappa shape index (κ3) is 2.01. The Kier molecular flexibility index (Phi) is 2.98. The Morgan fingerprint density at radius 1 is 1.53 bits per heavy atom. The van der Waals surface area contributed by atoms with Crippen LogP contribution in [-0.2, 0) is 11.2 Å². The van der Waals surface area contributed by atoms with Crippen LogP contribution in [0.3, 0.4) is 0 Å². The van der Waals surface area contributed by atoms with E-state index < -0.39 is 0 Å². The zero-order valence-corrected chi connectivity index (χ0v) is 9.43. The highest BCUT2D eigenvalue weighted by Crippen LogP contribution is 2.35. The van der Waals surface area contributed by atoms with Gasteiger partial charge in [-0.25, -0.2) is 0 Å². The van der Waals surface area contributed by atoms with Crippen LogP contribution < -0.4 is 11.1 Å². The predicted molar refractivity (Wildman–Crippen MR) is 63.1 cm³/mol. The van der Waals surface area contributed by atoms with E-state index in [0.717, 1.165) is 17.0 Å². The van der Waals surface area contributed by atoms with E-state index in [1.54, 1.807) is 11.8 Å². The number of anilines is 1. The van der Waals surface area contributed by atoms with Crippen molar-refractivity contribution in [2.24, 2.45) is 5.73 Å². The molecule has 1 unspecified atom stereocenters. The Hall–Kier alpha value is -1.00. The number of rotatable bonds is 2. The molecule has 15 heavy (non-hydrogen) atoms. The van der Waals surface area contributed by atoms with Crippen molar-refractivity contribution in [3.05, 3.63) is 23.8 Å². The van der Waals surface area contributed by atoms with Crippen LogP contribution in [0, 0.1) is 0 Å². The highest BCUT2D eigenvalue weighted by atomic mass is 32.2. The molecule has 0 saturated heterocycles. The minimum atomic E-state index is -0.149. The molecule has 1 aliphatic rings. The molecule has 0 aliphatic carbocycles. The lowest BCUT2D eigenvalue weighted by Gasteiger charge is -2.23. The lowest BCUT2D eigenvalue weighted by Crippen LogP contribution is -2.34. The predicted octanol–water partition coefficient (Wildman–Crippen LogP) is 1.62. The zero-order chi connectivity index (χ0) is 10.8. The Labute approximate surface area is 93.4 Å². The van der Waals surface area contributed by atoms with E-state index in [9.17, 15) is 4.79 Å². The van der Waals surface area contributed by atoms with Gasteiger partial charge < -0.3 is 11.1 Å². The van der Waals surface area contributed by atoms with Crippen LogP contribution in [0.1, 0.15) is 12.5 Å². The van der Waals surface area contributed by atoms with Crippen molar-refractivity contribution < 1.29 is 4.79 Å². The molecule has 0 radical (unpaired) electrons. The van der Waals surface area contributed by atoms with Crippen LogP contribution in [0.15, 0.2) is 23.1 Å². The summed E-state index contributed by atoms with van der Waals surface area (Å²) in [6.45, 7) is 2.50. The summed E-state index contributed by atoms with van der Waals surface area (Å²) < 4.78 is 0. The zero-order valence-electron chi connectivity index (χ0n) is 8.62. The SMILES string of the molecule is CCc1ccc2c(c1)SC(CN)C(=O)N2. The number of carbonyl (C=O) groups excluding carboxylic acids is 1. The van der Waals surface area contributed by atoms with Crippen LogP contribution in [-0.4, -0.2) is 17.7 Å². The Balaban J connectivity index is 2.33. The van der Waals surface area contributed by atoms with Gasteiger partial charge in [0.25, 0.3) is 0 Å². The molecule has 3 nitrogen and oxygen atoms in total. The van der Waals surface area contributed by atoms with E-state index in [2.05, 4.69) is 18.3 Å². The van der Waals surface area contributed by atoms with Crippen LogP contribution in [0.2, 0.25) is 0 Å². The van der Waals surface area contributed by atoms with Crippen molar-refractivity contribution in [3.63, 3.8) is 0 Å². The first-order chi connectivity index (χ1) is 7.24. The summed E-state index contributed by atoms with van der Waals surface area (Å²) in [6, 6.07) is 6.14. The van der Waals surface area contributed by atoms with E-state index in [4.69, 9.17) is 5.73 Å². The largest absolute Gasteiger partial charge is 0.329 e. The van der Waals surface area contributed by atoms with Crippen LogP contribution in [0.25, 0.3) is 0 Å². The number of thioether (sulfide) groups is 1. The van der Waals surface area contributed by atoms with Gasteiger partial charge in [-0.1, -0.05) is 13.0 Å². The number of hydrogen-bond acceptors (Lipinski definition) is 3. The summed E-state index contributed by atoms with van der Waals surface area (Å²) in [7, 11) is 0. The number of benzene rings is 1. The lowest BCUT2D eigenvalue weighted by molar-refractivity contribution is -0.115. The maximum atomic E-state index is 11.5. The quantitative estimate of drug-likeness (QED) is 0.799. The topological polar surface area (TPSA) is 55.1 Å².